The van der Waals surface area contributed by atoms with Gasteiger partial charge in [-0.1, -0.05) is 28.8 Å². The minimum atomic E-state index is 0.250. The highest BCUT2D eigenvalue weighted by Crippen LogP contribution is 2.43. The number of amides is 1. The van der Waals surface area contributed by atoms with Gasteiger partial charge in [-0.2, -0.15) is 0 Å². The molecule has 1 aromatic rings. The van der Waals surface area contributed by atoms with Crippen molar-refractivity contribution in [2.45, 2.75) is 64.0 Å². The zero-order valence-electron chi connectivity index (χ0n) is 12.8. The molecule has 2 aliphatic heterocycles. The van der Waals surface area contributed by atoms with Crippen LogP contribution in [0.15, 0.2) is 35.4 Å². The quantitative estimate of drug-likeness (QED) is 0.705. The molecule has 1 aliphatic carbocycles. The third-order valence-electron chi connectivity index (χ3n) is 5.57. The van der Waals surface area contributed by atoms with Gasteiger partial charge in [0.25, 0.3) is 5.91 Å². The molecule has 0 aromatic heterocycles. The van der Waals surface area contributed by atoms with Crippen LogP contribution >= 0.6 is 0 Å². The van der Waals surface area contributed by atoms with E-state index in [9.17, 15) is 4.79 Å². The van der Waals surface area contributed by atoms with Crippen LogP contribution in [0.25, 0.3) is 0 Å². The molecule has 110 valence electrons. The molecule has 21 heavy (non-hydrogen) atoms. The third-order valence-corrected chi connectivity index (χ3v) is 5.57. The summed E-state index contributed by atoms with van der Waals surface area (Å²) >= 11 is 0. The summed E-state index contributed by atoms with van der Waals surface area (Å²) in [7, 11) is 0. The Kier molecular flexibility index (Phi) is 3.13. The van der Waals surface area contributed by atoms with E-state index in [0.717, 1.165) is 18.4 Å². The first-order valence-electron chi connectivity index (χ1n) is 8.31. The van der Waals surface area contributed by atoms with Crippen molar-refractivity contribution in [3.05, 3.63) is 46.5 Å². The molecule has 0 N–H and O–H groups in total. The monoisotopic (exact) mass is 281 g/mol. The molecule has 0 spiro atoms. The van der Waals surface area contributed by atoms with E-state index in [1.807, 2.05) is 24.3 Å². The van der Waals surface area contributed by atoms with Crippen molar-refractivity contribution < 1.29 is 4.79 Å². The number of rotatable bonds is 1. The highest BCUT2D eigenvalue weighted by molar-refractivity contribution is 5.95. The molecule has 3 fully saturated rings. The average molecular weight is 281 g/mol. The summed E-state index contributed by atoms with van der Waals surface area (Å²) in [6, 6.07) is 8.97. The largest absolute Gasteiger partial charge is 0.332 e. The van der Waals surface area contributed by atoms with Crippen molar-refractivity contribution in [2.24, 2.45) is 0 Å². The fraction of sp³-hybridized carbons (Fsp3) is 0.526. The fourth-order valence-corrected chi connectivity index (χ4v) is 4.19. The van der Waals surface area contributed by atoms with Crippen molar-refractivity contribution in [1.82, 2.24) is 4.90 Å². The molecule has 2 atom stereocenters. The lowest BCUT2D eigenvalue weighted by molar-refractivity contribution is 0.0633. The van der Waals surface area contributed by atoms with Crippen molar-refractivity contribution in [3.8, 4) is 0 Å². The molecule has 4 rings (SSSR count). The van der Waals surface area contributed by atoms with Crippen molar-refractivity contribution >= 4 is 5.91 Å². The number of carbonyl (C=O) groups is 1. The normalized spacial score (nSPS) is 27.8. The van der Waals surface area contributed by atoms with Gasteiger partial charge in [-0.15, -0.1) is 0 Å². The summed E-state index contributed by atoms with van der Waals surface area (Å²) in [5.41, 5.74) is 5.48. The number of aryl methyl sites for hydroxylation is 1. The van der Waals surface area contributed by atoms with Crippen molar-refractivity contribution in [3.63, 3.8) is 0 Å². The summed E-state index contributed by atoms with van der Waals surface area (Å²) in [6.07, 6.45) is 8.69. The van der Waals surface area contributed by atoms with E-state index < -0.39 is 0 Å². The smallest absolute Gasteiger partial charge is 0.254 e. The number of piperidine rings is 1. The average Bonchev–Trinajstić information content (AvgIpc) is 2.68. The maximum Gasteiger partial charge on any atom is 0.254 e. The Morgan fingerprint density at radius 2 is 1.62 bits per heavy atom. The Morgan fingerprint density at radius 1 is 1.00 bits per heavy atom. The number of carbonyl (C=O) groups excluding carboxylic acids is 1. The van der Waals surface area contributed by atoms with Gasteiger partial charge < -0.3 is 4.90 Å². The fourth-order valence-electron chi connectivity index (χ4n) is 4.19. The van der Waals surface area contributed by atoms with Gasteiger partial charge in [-0.3, -0.25) is 4.79 Å². The minimum Gasteiger partial charge on any atom is -0.332 e. The van der Waals surface area contributed by atoms with Crippen LogP contribution in [0.1, 0.15) is 60.9 Å². The number of hydrogen-bond donors (Lipinski definition) is 0. The summed E-state index contributed by atoms with van der Waals surface area (Å²) < 4.78 is 0. The molecule has 2 saturated heterocycles. The highest BCUT2D eigenvalue weighted by Gasteiger charge is 2.42. The molecule has 1 amide bonds. The second-order valence-electron chi connectivity index (χ2n) is 6.93. The summed E-state index contributed by atoms with van der Waals surface area (Å²) in [4.78, 5) is 15.0. The molecule has 2 nitrogen and oxygen atoms in total. The summed E-state index contributed by atoms with van der Waals surface area (Å²) in [5, 5.41) is 0. The maximum absolute atomic E-state index is 12.8. The number of benzene rings is 1. The lowest BCUT2D eigenvalue weighted by Crippen LogP contribution is -2.45. The molecule has 1 saturated carbocycles. The van der Waals surface area contributed by atoms with Crippen LogP contribution in [0.5, 0.6) is 0 Å². The lowest BCUT2D eigenvalue weighted by atomic mass is 9.82. The van der Waals surface area contributed by atoms with E-state index in [-0.39, 0.29) is 5.91 Å². The van der Waals surface area contributed by atoms with Gasteiger partial charge in [0.1, 0.15) is 0 Å². The van der Waals surface area contributed by atoms with Gasteiger partial charge in [-0.05, 0) is 64.0 Å². The first-order valence-corrected chi connectivity index (χ1v) is 8.31. The second kappa shape index (κ2) is 5.01. The predicted molar refractivity (Wildman–Crippen MR) is 84.3 cm³/mol. The highest BCUT2D eigenvalue weighted by atomic mass is 16.2. The molecular formula is C19H23NO. The first kappa shape index (κ1) is 13.1. The zero-order chi connectivity index (χ0) is 14.4. The Hall–Kier alpha value is -1.57. The Balaban J connectivity index is 1.57. The van der Waals surface area contributed by atoms with E-state index in [4.69, 9.17) is 0 Å². The van der Waals surface area contributed by atoms with Crippen LogP contribution < -0.4 is 0 Å². The molecular weight excluding hydrogens is 258 g/mol. The molecule has 2 bridgehead atoms. The van der Waals surface area contributed by atoms with E-state index in [1.54, 1.807) is 11.1 Å². The number of nitrogens with zero attached hydrogens (tertiary/aromatic N) is 1. The van der Waals surface area contributed by atoms with E-state index in [2.05, 4.69) is 11.8 Å². The molecule has 2 unspecified atom stereocenters. The van der Waals surface area contributed by atoms with Gasteiger partial charge in [0.2, 0.25) is 0 Å². The van der Waals surface area contributed by atoms with Crippen LogP contribution in [-0.2, 0) is 0 Å². The van der Waals surface area contributed by atoms with E-state index in [0.29, 0.717) is 12.1 Å². The van der Waals surface area contributed by atoms with E-state index >= 15 is 0 Å². The van der Waals surface area contributed by atoms with Crippen molar-refractivity contribution in [1.29, 1.82) is 0 Å². The van der Waals surface area contributed by atoms with Crippen LogP contribution in [-0.4, -0.2) is 22.9 Å². The predicted octanol–water partition coefficient (Wildman–Crippen LogP) is 4.24. The number of fused-ring (bicyclic) bond motifs is 2. The number of hydrogen-bond acceptors (Lipinski definition) is 1. The maximum atomic E-state index is 12.8. The first-order chi connectivity index (χ1) is 10.2. The van der Waals surface area contributed by atoms with Gasteiger partial charge >= 0.3 is 0 Å². The topological polar surface area (TPSA) is 20.3 Å². The van der Waals surface area contributed by atoms with Crippen LogP contribution in [0.2, 0.25) is 0 Å². The summed E-state index contributed by atoms with van der Waals surface area (Å²) in [5.74, 6) is 0.250. The lowest BCUT2D eigenvalue weighted by Gasteiger charge is -2.38. The van der Waals surface area contributed by atoms with Gasteiger partial charge in [0, 0.05) is 17.6 Å². The Bertz CT molecular complexity index is 576. The summed E-state index contributed by atoms with van der Waals surface area (Å²) in [6.45, 7) is 2.07. The third kappa shape index (κ3) is 2.21. The van der Waals surface area contributed by atoms with Crippen LogP contribution in [0.3, 0.4) is 0 Å². The van der Waals surface area contributed by atoms with Crippen LogP contribution in [0.4, 0.5) is 0 Å². The molecule has 2 heterocycles. The standard InChI is InChI=1S/C19H23NO/c1-13-5-7-15(8-6-13)19(21)20-17-9-10-18(20)12-16(11-17)14-3-2-4-14/h5-8,17-18H,2-4,9-12H2,1H3. The SMILES string of the molecule is Cc1ccc(C(=O)N2C3CCC2CC(=C2CCC2)C3)cc1. The molecule has 1 aromatic carbocycles. The second-order valence-corrected chi connectivity index (χ2v) is 6.93. The zero-order valence-corrected chi connectivity index (χ0v) is 12.8. The van der Waals surface area contributed by atoms with E-state index in [1.165, 1.54) is 37.7 Å². The minimum absolute atomic E-state index is 0.250. The molecule has 2 heteroatoms. The molecule has 3 aliphatic rings. The van der Waals surface area contributed by atoms with Gasteiger partial charge in [0.05, 0.1) is 0 Å². The Morgan fingerprint density at radius 3 is 2.14 bits per heavy atom. The number of allylic oxidation sites excluding steroid dienone is 1. The van der Waals surface area contributed by atoms with Crippen LogP contribution in [0, 0.1) is 6.92 Å². The van der Waals surface area contributed by atoms with Gasteiger partial charge in [0.15, 0.2) is 0 Å². The molecule has 0 radical (unpaired) electrons. The Labute approximate surface area is 126 Å². The van der Waals surface area contributed by atoms with Gasteiger partial charge in [-0.25, -0.2) is 0 Å². The van der Waals surface area contributed by atoms with Crippen molar-refractivity contribution in [2.75, 3.05) is 0 Å².